The smallest absolute Gasteiger partial charge is 0.223 e. The molecule has 0 aliphatic heterocycles. The van der Waals surface area contributed by atoms with E-state index in [4.69, 9.17) is 0 Å². The number of anilines is 3. The quantitative estimate of drug-likeness (QED) is 0.372. The van der Waals surface area contributed by atoms with Gasteiger partial charge in [-0.3, -0.25) is 9.28 Å². The van der Waals surface area contributed by atoms with Crippen LogP contribution in [0.15, 0.2) is 84.9 Å². The summed E-state index contributed by atoms with van der Waals surface area (Å²) in [7, 11) is 4.04. The molecule has 1 atom stereocenters. The molecule has 2 N–H and O–H groups in total. The van der Waals surface area contributed by atoms with E-state index in [1.54, 1.807) is 0 Å². The van der Waals surface area contributed by atoms with Crippen molar-refractivity contribution in [1.29, 1.82) is 0 Å². The first kappa shape index (κ1) is 17.7. The molecule has 3 aromatic rings. The number of aldehydes is 1. The number of para-hydroxylation sites is 4. The van der Waals surface area contributed by atoms with E-state index in [9.17, 15) is 4.79 Å². The molecule has 132 valence electrons. The lowest BCUT2D eigenvalue weighted by Crippen LogP contribution is -2.55. The molecule has 0 saturated heterocycles. The zero-order chi connectivity index (χ0) is 18.4. The fourth-order valence-electron chi connectivity index (χ4n) is 2.87. The standard InChI is InChI=1S/C22H24N3O/c1-25(2,19-13-7-4-8-14-19)22(17-26)24-21-16-10-9-15-20(21)23-18-11-5-3-6-12-18/h3-17,22-24H,1-2H3/q+1. The summed E-state index contributed by atoms with van der Waals surface area (Å²) in [6, 6.07) is 27.9. The molecule has 0 aliphatic carbocycles. The van der Waals surface area contributed by atoms with Crippen LogP contribution in [-0.4, -0.2) is 26.5 Å². The van der Waals surface area contributed by atoms with Gasteiger partial charge in [0.1, 0.15) is 5.69 Å². The monoisotopic (exact) mass is 346 g/mol. The Hall–Kier alpha value is -3.11. The van der Waals surface area contributed by atoms with Gasteiger partial charge in [-0.05, 0) is 36.4 Å². The van der Waals surface area contributed by atoms with Gasteiger partial charge in [-0.2, -0.15) is 0 Å². The molecule has 3 aromatic carbocycles. The van der Waals surface area contributed by atoms with Crippen LogP contribution in [0.2, 0.25) is 0 Å². The highest BCUT2D eigenvalue weighted by Gasteiger charge is 2.30. The Labute approximate surface area is 154 Å². The maximum Gasteiger partial charge on any atom is 0.223 e. The average Bonchev–Trinajstić information content (AvgIpc) is 2.68. The van der Waals surface area contributed by atoms with E-state index in [2.05, 4.69) is 10.6 Å². The first-order valence-corrected chi connectivity index (χ1v) is 8.63. The van der Waals surface area contributed by atoms with Crippen LogP contribution in [0, 0.1) is 0 Å². The fraction of sp³-hybridized carbons (Fsp3) is 0.136. The van der Waals surface area contributed by atoms with Crippen molar-refractivity contribution in [3.8, 4) is 0 Å². The van der Waals surface area contributed by atoms with Crippen LogP contribution in [0.5, 0.6) is 0 Å². The lowest BCUT2D eigenvalue weighted by molar-refractivity contribution is -0.110. The summed E-state index contributed by atoms with van der Waals surface area (Å²) in [5.74, 6) is 0. The van der Waals surface area contributed by atoms with Crippen molar-refractivity contribution in [1.82, 2.24) is 4.48 Å². The van der Waals surface area contributed by atoms with Crippen molar-refractivity contribution >= 4 is 29.0 Å². The minimum atomic E-state index is -0.420. The van der Waals surface area contributed by atoms with E-state index >= 15 is 0 Å². The molecule has 1 unspecified atom stereocenters. The normalized spacial score (nSPS) is 12.2. The lowest BCUT2D eigenvalue weighted by Gasteiger charge is -2.35. The van der Waals surface area contributed by atoms with Crippen molar-refractivity contribution in [2.75, 3.05) is 24.7 Å². The van der Waals surface area contributed by atoms with Crippen LogP contribution < -0.4 is 15.1 Å². The summed E-state index contributed by atoms with van der Waals surface area (Å²) < 4.78 is 0.407. The highest BCUT2D eigenvalue weighted by atomic mass is 16.1. The molecule has 26 heavy (non-hydrogen) atoms. The van der Waals surface area contributed by atoms with Crippen molar-refractivity contribution in [2.24, 2.45) is 0 Å². The summed E-state index contributed by atoms with van der Waals surface area (Å²) in [6.07, 6.45) is 0.544. The molecule has 0 fully saturated rings. The Morgan fingerprint density at radius 3 is 1.92 bits per heavy atom. The molecule has 0 amide bonds. The maximum absolute atomic E-state index is 11.9. The number of hydrogen-bond donors (Lipinski definition) is 2. The molecular weight excluding hydrogens is 322 g/mol. The zero-order valence-electron chi connectivity index (χ0n) is 15.1. The van der Waals surface area contributed by atoms with Gasteiger partial charge in [0, 0.05) is 5.69 Å². The number of benzene rings is 3. The molecule has 0 radical (unpaired) electrons. The Balaban J connectivity index is 1.86. The van der Waals surface area contributed by atoms with Crippen molar-refractivity contribution in [3.05, 3.63) is 84.9 Å². The van der Waals surface area contributed by atoms with Gasteiger partial charge in [0.25, 0.3) is 0 Å². The molecular formula is C22H24N3O+. The summed E-state index contributed by atoms with van der Waals surface area (Å²) >= 11 is 0. The van der Waals surface area contributed by atoms with Gasteiger partial charge in [0.15, 0.2) is 6.29 Å². The topological polar surface area (TPSA) is 41.1 Å². The second-order valence-corrected chi connectivity index (χ2v) is 6.64. The van der Waals surface area contributed by atoms with Gasteiger partial charge < -0.3 is 10.6 Å². The van der Waals surface area contributed by atoms with E-state index in [1.807, 2.05) is 99.0 Å². The van der Waals surface area contributed by atoms with Crippen molar-refractivity contribution in [3.63, 3.8) is 0 Å². The second kappa shape index (κ2) is 7.85. The Morgan fingerprint density at radius 1 is 0.769 bits per heavy atom. The third kappa shape index (κ3) is 3.92. The first-order valence-electron chi connectivity index (χ1n) is 8.63. The lowest BCUT2D eigenvalue weighted by atomic mass is 10.2. The largest absolute Gasteiger partial charge is 0.354 e. The molecule has 0 spiro atoms. The van der Waals surface area contributed by atoms with E-state index in [-0.39, 0.29) is 0 Å². The van der Waals surface area contributed by atoms with Crippen LogP contribution in [0.25, 0.3) is 0 Å². The number of carbonyl (C=O) groups excluding carboxylic acids is 1. The van der Waals surface area contributed by atoms with Gasteiger partial charge in [-0.25, -0.2) is 0 Å². The number of nitrogens with one attached hydrogen (secondary N) is 2. The minimum absolute atomic E-state index is 0.407. The molecule has 4 nitrogen and oxygen atoms in total. The van der Waals surface area contributed by atoms with Gasteiger partial charge in [-0.1, -0.05) is 48.5 Å². The van der Waals surface area contributed by atoms with Gasteiger partial charge in [0.05, 0.1) is 25.5 Å². The summed E-state index contributed by atoms with van der Waals surface area (Å²) in [5, 5.41) is 6.81. The van der Waals surface area contributed by atoms with Gasteiger partial charge in [0.2, 0.25) is 6.17 Å². The average molecular weight is 346 g/mol. The molecule has 0 bridgehead atoms. The Bertz CT molecular complexity index is 848. The van der Waals surface area contributed by atoms with E-state index < -0.39 is 6.17 Å². The molecule has 0 saturated carbocycles. The van der Waals surface area contributed by atoms with Crippen LogP contribution in [0.3, 0.4) is 0 Å². The molecule has 0 aliphatic rings. The third-order valence-corrected chi connectivity index (χ3v) is 4.53. The SMILES string of the molecule is C[N+](C)(c1ccccc1)C(C=O)Nc1ccccc1Nc1ccccc1. The fourth-order valence-corrected chi connectivity index (χ4v) is 2.87. The summed E-state index contributed by atoms with van der Waals surface area (Å²) in [5.41, 5.74) is 3.88. The highest BCUT2D eigenvalue weighted by Crippen LogP contribution is 2.28. The number of hydrogen-bond acceptors (Lipinski definition) is 3. The van der Waals surface area contributed by atoms with Crippen LogP contribution in [0.1, 0.15) is 0 Å². The second-order valence-electron chi connectivity index (χ2n) is 6.64. The van der Waals surface area contributed by atoms with Crippen molar-refractivity contribution in [2.45, 2.75) is 6.17 Å². The third-order valence-electron chi connectivity index (χ3n) is 4.53. The van der Waals surface area contributed by atoms with Crippen LogP contribution >= 0.6 is 0 Å². The summed E-state index contributed by atoms with van der Waals surface area (Å²) in [4.78, 5) is 11.9. The maximum atomic E-state index is 11.9. The Morgan fingerprint density at radius 2 is 1.31 bits per heavy atom. The van der Waals surface area contributed by atoms with Crippen LogP contribution in [-0.2, 0) is 4.79 Å². The molecule has 0 aromatic heterocycles. The number of carbonyl (C=O) groups is 1. The highest BCUT2D eigenvalue weighted by molar-refractivity contribution is 5.78. The molecule has 3 rings (SSSR count). The predicted octanol–water partition coefficient (Wildman–Crippen LogP) is 4.63. The predicted molar refractivity (Wildman–Crippen MR) is 110 cm³/mol. The number of rotatable bonds is 7. The number of nitrogens with zero attached hydrogens (tertiary/aromatic N) is 1. The minimum Gasteiger partial charge on any atom is -0.354 e. The van der Waals surface area contributed by atoms with E-state index in [1.165, 1.54) is 0 Å². The van der Waals surface area contributed by atoms with E-state index in [0.717, 1.165) is 29.0 Å². The molecule has 4 heteroatoms. The van der Waals surface area contributed by atoms with Gasteiger partial charge >= 0.3 is 0 Å². The van der Waals surface area contributed by atoms with E-state index in [0.29, 0.717) is 4.48 Å². The van der Waals surface area contributed by atoms with Crippen LogP contribution in [0.4, 0.5) is 22.7 Å². The van der Waals surface area contributed by atoms with Gasteiger partial charge in [-0.15, -0.1) is 0 Å². The Kier molecular flexibility index (Phi) is 5.34. The molecule has 0 heterocycles. The summed E-state index contributed by atoms with van der Waals surface area (Å²) in [6.45, 7) is 0. The number of quaternary nitrogens is 1. The first-order chi connectivity index (χ1) is 12.6. The van der Waals surface area contributed by atoms with Crippen molar-refractivity contribution < 1.29 is 4.79 Å². The number of likely N-dealkylation sites (N-methyl/N-ethyl adjacent to an activating group) is 1. The zero-order valence-corrected chi connectivity index (χ0v) is 15.1.